The molecular formula is C10H13ClN2. The smallest absolute Gasteiger partial charge is 0.0440 e. The number of nitrogens with two attached hydrogens (primary N) is 1. The summed E-state index contributed by atoms with van der Waals surface area (Å²) in [4.78, 5) is 0. The van der Waals surface area contributed by atoms with Crippen LogP contribution >= 0.6 is 11.6 Å². The second-order valence-corrected chi connectivity index (χ2v) is 3.92. The molecule has 0 saturated heterocycles. The number of anilines is 1. The first kappa shape index (κ1) is 8.85. The summed E-state index contributed by atoms with van der Waals surface area (Å²) >= 11 is 6.03. The number of halogens is 1. The summed E-state index contributed by atoms with van der Waals surface area (Å²) in [6.07, 6.45) is 0.979. The van der Waals surface area contributed by atoms with Gasteiger partial charge in [-0.2, -0.15) is 0 Å². The van der Waals surface area contributed by atoms with Gasteiger partial charge in [-0.15, -0.1) is 0 Å². The van der Waals surface area contributed by atoms with E-state index in [0.29, 0.717) is 0 Å². The zero-order valence-electron chi connectivity index (χ0n) is 7.60. The van der Waals surface area contributed by atoms with Crippen LogP contribution in [0.15, 0.2) is 12.1 Å². The molecule has 1 heterocycles. The van der Waals surface area contributed by atoms with Crippen molar-refractivity contribution in [3.05, 3.63) is 28.3 Å². The average molecular weight is 197 g/mol. The van der Waals surface area contributed by atoms with E-state index in [4.69, 9.17) is 17.3 Å². The Bertz CT molecular complexity index is 336. The van der Waals surface area contributed by atoms with Crippen LogP contribution in [0.4, 0.5) is 5.69 Å². The van der Waals surface area contributed by atoms with Crippen LogP contribution in [0.1, 0.15) is 23.6 Å². The first-order valence-electron chi connectivity index (χ1n) is 4.48. The third-order valence-corrected chi connectivity index (χ3v) is 2.91. The van der Waals surface area contributed by atoms with E-state index in [2.05, 4.69) is 11.4 Å². The lowest BCUT2D eigenvalue weighted by Crippen LogP contribution is -2.22. The predicted molar refractivity (Wildman–Crippen MR) is 56.2 cm³/mol. The molecule has 1 unspecified atom stereocenters. The number of benzene rings is 1. The second-order valence-electron chi connectivity index (χ2n) is 3.51. The lowest BCUT2D eigenvalue weighted by molar-refractivity contribution is 0.655. The Morgan fingerprint density at radius 2 is 2.31 bits per heavy atom. The summed E-state index contributed by atoms with van der Waals surface area (Å²) < 4.78 is 0. The molecular weight excluding hydrogens is 184 g/mol. The zero-order valence-corrected chi connectivity index (χ0v) is 8.36. The van der Waals surface area contributed by atoms with Crippen LogP contribution in [-0.2, 0) is 0 Å². The monoisotopic (exact) mass is 196 g/mol. The molecule has 2 nitrogen and oxygen atoms in total. The Kier molecular flexibility index (Phi) is 2.18. The lowest BCUT2D eigenvalue weighted by atomic mass is 9.97. The Morgan fingerprint density at radius 1 is 1.54 bits per heavy atom. The second kappa shape index (κ2) is 3.20. The third kappa shape index (κ3) is 1.52. The maximum absolute atomic E-state index is 6.03. The molecule has 13 heavy (non-hydrogen) atoms. The highest BCUT2D eigenvalue weighted by Crippen LogP contribution is 2.32. The number of fused-ring (bicyclic) bond motifs is 1. The summed E-state index contributed by atoms with van der Waals surface area (Å²) in [6.45, 7) is 2.96. The van der Waals surface area contributed by atoms with E-state index in [1.165, 1.54) is 0 Å². The van der Waals surface area contributed by atoms with Crippen LogP contribution in [0.3, 0.4) is 0 Å². The minimum Gasteiger partial charge on any atom is -0.385 e. The molecule has 1 aromatic rings. The van der Waals surface area contributed by atoms with Gasteiger partial charge in [0.25, 0.3) is 0 Å². The van der Waals surface area contributed by atoms with Gasteiger partial charge in [0.05, 0.1) is 0 Å². The number of hydrogen-bond acceptors (Lipinski definition) is 2. The molecule has 70 valence electrons. The maximum atomic E-state index is 6.03. The van der Waals surface area contributed by atoms with Gasteiger partial charge in [0.1, 0.15) is 0 Å². The van der Waals surface area contributed by atoms with Crippen molar-refractivity contribution in [2.24, 2.45) is 5.73 Å². The Labute approximate surface area is 83.1 Å². The highest BCUT2D eigenvalue weighted by Gasteiger charge is 2.17. The molecule has 3 N–H and O–H groups in total. The zero-order chi connectivity index (χ0) is 9.42. The van der Waals surface area contributed by atoms with Crippen LogP contribution < -0.4 is 11.1 Å². The largest absolute Gasteiger partial charge is 0.385 e. The summed E-state index contributed by atoms with van der Waals surface area (Å²) in [5.41, 5.74) is 9.35. The number of aryl methyl sites for hydroxylation is 1. The normalized spacial score (nSPS) is 20.7. The van der Waals surface area contributed by atoms with Crippen LogP contribution in [0.25, 0.3) is 0 Å². The van der Waals surface area contributed by atoms with Crippen molar-refractivity contribution < 1.29 is 0 Å². The molecule has 2 rings (SSSR count). The van der Waals surface area contributed by atoms with Gasteiger partial charge < -0.3 is 11.1 Å². The van der Waals surface area contributed by atoms with Crippen molar-refractivity contribution >= 4 is 17.3 Å². The van der Waals surface area contributed by atoms with Crippen molar-refractivity contribution in [2.75, 3.05) is 11.9 Å². The number of nitrogens with one attached hydrogen (secondary N) is 1. The van der Waals surface area contributed by atoms with Gasteiger partial charge in [-0.1, -0.05) is 11.6 Å². The first-order valence-corrected chi connectivity index (χ1v) is 4.86. The molecule has 1 aromatic carbocycles. The standard InChI is InChI=1S/C10H13ClN2/c1-6-4-10-7(5-8(6)11)9(12)2-3-13-10/h4-5,9,13H,2-3,12H2,1H3. The van der Waals surface area contributed by atoms with Gasteiger partial charge >= 0.3 is 0 Å². The van der Waals surface area contributed by atoms with Crippen LogP contribution in [0, 0.1) is 6.92 Å². The van der Waals surface area contributed by atoms with Crippen molar-refractivity contribution in [1.29, 1.82) is 0 Å². The minimum atomic E-state index is 0.134. The van der Waals surface area contributed by atoms with Crippen molar-refractivity contribution in [1.82, 2.24) is 0 Å². The van der Waals surface area contributed by atoms with E-state index in [9.17, 15) is 0 Å². The molecule has 0 aliphatic carbocycles. The molecule has 1 aliphatic rings. The molecule has 0 fully saturated rings. The maximum Gasteiger partial charge on any atom is 0.0440 e. The minimum absolute atomic E-state index is 0.134. The summed E-state index contributed by atoms with van der Waals surface area (Å²) in [5, 5.41) is 4.13. The Morgan fingerprint density at radius 3 is 3.08 bits per heavy atom. The van der Waals surface area contributed by atoms with Crippen LogP contribution in [-0.4, -0.2) is 6.54 Å². The number of rotatable bonds is 0. The van der Waals surface area contributed by atoms with E-state index < -0.39 is 0 Å². The van der Waals surface area contributed by atoms with E-state index in [0.717, 1.165) is 34.8 Å². The van der Waals surface area contributed by atoms with Gasteiger partial charge in [0.15, 0.2) is 0 Å². The van der Waals surface area contributed by atoms with Gasteiger partial charge in [-0.25, -0.2) is 0 Å². The fraction of sp³-hybridized carbons (Fsp3) is 0.400. The molecule has 0 saturated carbocycles. The Hall–Kier alpha value is -0.730. The third-order valence-electron chi connectivity index (χ3n) is 2.50. The molecule has 3 heteroatoms. The van der Waals surface area contributed by atoms with Gasteiger partial charge in [-0.3, -0.25) is 0 Å². The molecule has 0 aromatic heterocycles. The van der Waals surface area contributed by atoms with Crippen LogP contribution in [0.5, 0.6) is 0 Å². The Balaban J connectivity index is 2.52. The van der Waals surface area contributed by atoms with Crippen molar-refractivity contribution in [3.63, 3.8) is 0 Å². The number of hydrogen-bond donors (Lipinski definition) is 2. The quantitative estimate of drug-likeness (QED) is 0.669. The van der Waals surface area contributed by atoms with Crippen molar-refractivity contribution in [2.45, 2.75) is 19.4 Å². The topological polar surface area (TPSA) is 38.0 Å². The molecule has 1 atom stereocenters. The summed E-state index contributed by atoms with van der Waals surface area (Å²) in [7, 11) is 0. The first-order chi connectivity index (χ1) is 6.18. The fourth-order valence-corrected chi connectivity index (χ4v) is 1.85. The molecule has 0 spiro atoms. The van der Waals surface area contributed by atoms with Gasteiger partial charge in [-0.05, 0) is 36.6 Å². The fourth-order valence-electron chi connectivity index (χ4n) is 1.67. The van der Waals surface area contributed by atoms with E-state index in [1.807, 2.05) is 13.0 Å². The van der Waals surface area contributed by atoms with E-state index >= 15 is 0 Å². The lowest BCUT2D eigenvalue weighted by Gasteiger charge is -2.24. The molecule has 0 amide bonds. The SMILES string of the molecule is Cc1cc2c(cc1Cl)C(N)CCN2. The van der Waals surface area contributed by atoms with Crippen LogP contribution in [0.2, 0.25) is 5.02 Å². The molecule has 0 bridgehead atoms. The van der Waals surface area contributed by atoms with Gasteiger partial charge in [0, 0.05) is 23.3 Å². The predicted octanol–water partition coefficient (Wildman–Crippen LogP) is 2.46. The highest BCUT2D eigenvalue weighted by atomic mass is 35.5. The highest BCUT2D eigenvalue weighted by molar-refractivity contribution is 6.31. The van der Waals surface area contributed by atoms with E-state index in [1.54, 1.807) is 0 Å². The van der Waals surface area contributed by atoms with E-state index in [-0.39, 0.29) is 6.04 Å². The van der Waals surface area contributed by atoms with Gasteiger partial charge in [0.2, 0.25) is 0 Å². The summed E-state index contributed by atoms with van der Waals surface area (Å²) in [6, 6.07) is 4.18. The summed E-state index contributed by atoms with van der Waals surface area (Å²) in [5.74, 6) is 0. The molecule has 0 radical (unpaired) electrons. The average Bonchev–Trinajstić information content (AvgIpc) is 2.09. The van der Waals surface area contributed by atoms with Crippen molar-refractivity contribution in [3.8, 4) is 0 Å². The molecule has 1 aliphatic heterocycles.